The van der Waals surface area contributed by atoms with Gasteiger partial charge >= 0.3 is 0 Å². The fourth-order valence-corrected chi connectivity index (χ4v) is 4.04. The molecule has 3 heterocycles. The van der Waals surface area contributed by atoms with Gasteiger partial charge in [-0.15, -0.1) is 21.5 Å². The molecule has 0 unspecified atom stereocenters. The van der Waals surface area contributed by atoms with Gasteiger partial charge in [-0.1, -0.05) is 18.6 Å². The van der Waals surface area contributed by atoms with Crippen LogP contribution in [0.5, 0.6) is 0 Å². The molecule has 0 aliphatic carbocycles. The number of rotatable bonds is 4. The zero-order chi connectivity index (χ0) is 17.2. The van der Waals surface area contributed by atoms with E-state index in [2.05, 4.69) is 20.1 Å². The molecule has 7 heteroatoms. The molecule has 2 aromatic heterocycles. The number of hydrogen-bond acceptors (Lipinski definition) is 6. The summed E-state index contributed by atoms with van der Waals surface area (Å²) in [6, 6.07) is 6.55. The van der Waals surface area contributed by atoms with Gasteiger partial charge in [0.05, 0.1) is 22.8 Å². The second kappa shape index (κ2) is 7.01. The van der Waals surface area contributed by atoms with Crippen LogP contribution in [0, 0.1) is 12.7 Å². The molecule has 4 rings (SSSR count). The Morgan fingerprint density at radius 2 is 2.16 bits per heavy atom. The van der Waals surface area contributed by atoms with Crippen molar-refractivity contribution < 1.29 is 8.81 Å². The second-order valence-electron chi connectivity index (χ2n) is 6.27. The number of aryl methyl sites for hydroxylation is 1. The summed E-state index contributed by atoms with van der Waals surface area (Å²) in [7, 11) is 0. The lowest BCUT2D eigenvalue weighted by molar-refractivity contribution is 0.119. The zero-order valence-corrected chi connectivity index (χ0v) is 14.8. The van der Waals surface area contributed by atoms with Gasteiger partial charge in [-0.2, -0.15) is 0 Å². The topological polar surface area (TPSA) is 55.1 Å². The summed E-state index contributed by atoms with van der Waals surface area (Å²) in [6.07, 6.45) is 3.25. The number of nitrogens with zero attached hydrogens (tertiary/aromatic N) is 4. The number of hydrogen-bond donors (Lipinski definition) is 0. The van der Waals surface area contributed by atoms with E-state index in [9.17, 15) is 4.39 Å². The first-order valence-corrected chi connectivity index (χ1v) is 9.31. The zero-order valence-electron chi connectivity index (χ0n) is 14.0. The minimum atomic E-state index is -0.349. The molecule has 0 spiro atoms. The van der Waals surface area contributed by atoms with Crippen molar-refractivity contribution >= 4 is 11.3 Å². The van der Waals surface area contributed by atoms with Crippen molar-refractivity contribution in [3.63, 3.8) is 0 Å². The van der Waals surface area contributed by atoms with E-state index in [0.717, 1.165) is 38.0 Å². The van der Waals surface area contributed by atoms with E-state index in [1.807, 2.05) is 12.4 Å². The van der Waals surface area contributed by atoms with Gasteiger partial charge in [-0.05, 0) is 38.4 Å². The SMILES string of the molecule is Cc1ncsc1CN1CCCC[C@@H]1c1nnc(-c2ccccc2F)o1. The summed E-state index contributed by atoms with van der Waals surface area (Å²) in [5, 5.41) is 8.30. The number of aromatic nitrogens is 3. The average Bonchev–Trinajstić information content (AvgIpc) is 3.26. The molecular weight excluding hydrogens is 339 g/mol. The van der Waals surface area contributed by atoms with Gasteiger partial charge in [0.2, 0.25) is 5.89 Å². The largest absolute Gasteiger partial charge is 0.419 e. The van der Waals surface area contributed by atoms with Gasteiger partial charge in [0, 0.05) is 11.4 Å². The predicted molar refractivity (Wildman–Crippen MR) is 93.5 cm³/mol. The highest BCUT2D eigenvalue weighted by molar-refractivity contribution is 7.09. The molecule has 1 aromatic carbocycles. The van der Waals surface area contributed by atoms with Crippen LogP contribution in [0.25, 0.3) is 11.5 Å². The molecule has 1 atom stereocenters. The van der Waals surface area contributed by atoms with E-state index in [0.29, 0.717) is 11.5 Å². The molecule has 0 radical (unpaired) electrons. The van der Waals surface area contributed by atoms with Gasteiger partial charge in [-0.3, -0.25) is 4.90 Å². The summed E-state index contributed by atoms with van der Waals surface area (Å²) < 4.78 is 19.8. The normalized spacial score (nSPS) is 18.6. The smallest absolute Gasteiger partial charge is 0.250 e. The first-order valence-electron chi connectivity index (χ1n) is 8.43. The van der Waals surface area contributed by atoms with E-state index in [1.54, 1.807) is 29.5 Å². The lowest BCUT2D eigenvalue weighted by Gasteiger charge is -2.33. The molecule has 3 aromatic rings. The molecule has 1 fully saturated rings. The summed E-state index contributed by atoms with van der Waals surface area (Å²) in [5.41, 5.74) is 3.31. The highest BCUT2D eigenvalue weighted by atomic mass is 32.1. The minimum absolute atomic E-state index is 0.0725. The molecule has 1 aliphatic heterocycles. The number of likely N-dealkylation sites (tertiary alicyclic amines) is 1. The maximum Gasteiger partial charge on any atom is 0.250 e. The first-order chi connectivity index (χ1) is 12.2. The Hall–Kier alpha value is -2.12. The Morgan fingerprint density at radius 1 is 1.28 bits per heavy atom. The van der Waals surface area contributed by atoms with Crippen LogP contribution in [0.1, 0.15) is 41.8 Å². The Balaban J connectivity index is 1.59. The van der Waals surface area contributed by atoms with E-state index in [-0.39, 0.29) is 17.7 Å². The lowest BCUT2D eigenvalue weighted by Crippen LogP contribution is -2.33. The average molecular weight is 358 g/mol. The molecule has 130 valence electrons. The number of halogens is 1. The molecule has 0 bridgehead atoms. The van der Waals surface area contributed by atoms with Crippen LogP contribution in [0.4, 0.5) is 4.39 Å². The first kappa shape index (κ1) is 16.4. The van der Waals surface area contributed by atoms with Gasteiger partial charge in [-0.25, -0.2) is 9.37 Å². The van der Waals surface area contributed by atoms with E-state index < -0.39 is 0 Å². The third-order valence-electron chi connectivity index (χ3n) is 4.64. The van der Waals surface area contributed by atoms with Crippen LogP contribution < -0.4 is 0 Å². The van der Waals surface area contributed by atoms with Crippen LogP contribution in [0.2, 0.25) is 0 Å². The Kier molecular flexibility index (Phi) is 4.59. The maximum absolute atomic E-state index is 14.0. The quantitative estimate of drug-likeness (QED) is 0.693. The van der Waals surface area contributed by atoms with Crippen molar-refractivity contribution in [3.8, 4) is 11.5 Å². The Morgan fingerprint density at radius 3 is 2.96 bits per heavy atom. The van der Waals surface area contributed by atoms with Crippen molar-refractivity contribution in [2.24, 2.45) is 0 Å². The van der Waals surface area contributed by atoms with Gasteiger partial charge < -0.3 is 4.42 Å². The fraction of sp³-hybridized carbons (Fsp3) is 0.389. The maximum atomic E-state index is 14.0. The Bertz CT molecular complexity index is 862. The molecule has 0 saturated carbocycles. The summed E-state index contributed by atoms with van der Waals surface area (Å²) in [6.45, 7) is 3.85. The molecule has 25 heavy (non-hydrogen) atoms. The molecule has 0 N–H and O–H groups in total. The number of benzene rings is 1. The van der Waals surface area contributed by atoms with Gasteiger partial charge in [0.25, 0.3) is 5.89 Å². The standard InChI is InChI=1S/C18H19FN4OS/c1-12-16(25-11-20-12)10-23-9-5-4-8-15(23)18-22-21-17(24-18)13-6-2-3-7-14(13)19/h2-3,6-7,11,15H,4-5,8-10H2,1H3/t15-/m1/s1. The predicted octanol–water partition coefficient (Wildman–Crippen LogP) is 4.37. The van der Waals surface area contributed by atoms with Crippen LogP contribution in [-0.2, 0) is 6.54 Å². The van der Waals surface area contributed by atoms with Crippen molar-refractivity contribution in [2.75, 3.05) is 6.54 Å². The summed E-state index contributed by atoms with van der Waals surface area (Å²) in [5.74, 6) is 0.464. The number of thiazole rings is 1. The van der Waals surface area contributed by atoms with Crippen molar-refractivity contribution in [1.29, 1.82) is 0 Å². The van der Waals surface area contributed by atoms with Crippen molar-refractivity contribution in [3.05, 3.63) is 52.1 Å². The highest BCUT2D eigenvalue weighted by Crippen LogP contribution is 2.34. The third-order valence-corrected chi connectivity index (χ3v) is 5.56. The minimum Gasteiger partial charge on any atom is -0.419 e. The summed E-state index contributed by atoms with van der Waals surface area (Å²) >= 11 is 1.68. The molecule has 0 amide bonds. The van der Waals surface area contributed by atoms with Crippen LogP contribution in [0.3, 0.4) is 0 Å². The summed E-state index contributed by atoms with van der Waals surface area (Å²) in [4.78, 5) is 7.96. The van der Waals surface area contributed by atoms with Gasteiger partial charge in [0.1, 0.15) is 5.82 Å². The second-order valence-corrected chi connectivity index (χ2v) is 7.21. The highest BCUT2D eigenvalue weighted by Gasteiger charge is 2.29. The van der Waals surface area contributed by atoms with Crippen molar-refractivity contribution in [2.45, 2.75) is 38.8 Å². The molecule has 5 nitrogen and oxygen atoms in total. The van der Waals surface area contributed by atoms with E-state index in [4.69, 9.17) is 4.42 Å². The molecule has 1 aliphatic rings. The lowest BCUT2D eigenvalue weighted by atomic mass is 10.0. The van der Waals surface area contributed by atoms with Crippen molar-refractivity contribution in [1.82, 2.24) is 20.1 Å². The van der Waals surface area contributed by atoms with Crippen LogP contribution in [-0.4, -0.2) is 26.6 Å². The van der Waals surface area contributed by atoms with E-state index in [1.165, 1.54) is 10.9 Å². The van der Waals surface area contributed by atoms with Gasteiger partial charge in [0.15, 0.2) is 0 Å². The third kappa shape index (κ3) is 3.34. The van der Waals surface area contributed by atoms with Crippen LogP contribution in [0.15, 0.2) is 34.2 Å². The number of piperidine rings is 1. The van der Waals surface area contributed by atoms with Crippen LogP contribution >= 0.6 is 11.3 Å². The van der Waals surface area contributed by atoms with E-state index >= 15 is 0 Å². The molecule has 1 saturated heterocycles. The molecular formula is C18H19FN4OS. The monoisotopic (exact) mass is 358 g/mol. The fourth-order valence-electron chi connectivity index (χ4n) is 3.24. The Labute approximate surface area is 149 Å².